The molecule has 0 unspecified atom stereocenters. The molecule has 0 atom stereocenters. The van der Waals surface area contributed by atoms with Gasteiger partial charge in [-0.15, -0.1) is 0 Å². The van der Waals surface area contributed by atoms with Gasteiger partial charge in [0.2, 0.25) is 0 Å². The largest absolute Gasteiger partial charge is 0.300 e. The molecule has 1 aliphatic carbocycles. The Morgan fingerprint density at radius 3 is 1.93 bits per heavy atom. The summed E-state index contributed by atoms with van der Waals surface area (Å²) in [6.07, 6.45) is 7.19. The minimum absolute atomic E-state index is 0.471. The first kappa shape index (κ1) is 11.4. The Morgan fingerprint density at radius 2 is 1.60 bits per heavy atom. The summed E-state index contributed by atoms with van der Waals surface area (Å²) in [4.78, 5) is 2.75. The van der Waals surface area contributed by atoms with Crippen molar-refractivity contribution in [2.24, 2.45) is 10.8 Å². The van der Waals surface area contributed by atoms with Crippen molar-refractivity contribution >= 4 is 0 Å². The second-order valence-electron chi connectivity index (χ2n) is 6.93. The molecule has 0 radical (unpaired) electrons. The molecule has 88 valence electrons. The van der Waals surface area contributed by atoms with Crippen LogP contribution in [-0.4, -0.2) is 24.0 Å². The summed E-state index contributed by atoms with van der Waals surface area (Å²) >= 11 is 0. The van der Waals surface area contributed by atoms with E-state index in [4.69, 9.17) is 0 Å². The van der Waals surface area contributed by atoms with Crippen LogP contribution in [0.1, 0.15) is 59.8 Å². The fraction of sp³-hybridized carbons (Fsp3) is 1.00. The quantitative estimate of drug-likeness (QED) is 0.636. The molecule has 2 aliphatic rings. The van der Waals surface area contributed by atoms with Crippen molar-refractivity contribution < 1.29 is 0 Å². The zero-order chi connectivity index (χ0) is 11.1. The van der Waals surface area contributed by atoms with Gasteiger partial charge in [0.15, 0.2) is 0 Å². The van der Waals surface area contributed by atoms with Gasteiger partial charge < -0.3 is 4.90 Å². The molecule has 1 heteroatoms. The van der Waals surface area contributed by atoms with Crippen LogP contribution in [0.3, 0.4) is 0 Å². The van der Waals surface area contributed by atoms with Crippen molar-refractivity contribution in [3.63, 3.8) is 0 Å². The Hall–Kier alpha value is -0.0400. The SMILES string of the molecule is CC(C)(C)C1(C)CCN(C2CCC2)CC1. The van der Waals surface area contributed by atoms with E-state index < -0.39 is 0 Å². The molecular formula is C14H27N. The van der Waals surface area contributed by atoms with Crippen LogP contribution in [0, 0.1) is 10.8 Å². The van der Waals surface area contributed by atoms with Crippen molar-refractivity contribution in [1.29, 1.82) is 0 Å². The van der Waals surface area contributed by atoms with Crippen molar-refractivity contribution in [3.05, 3.63) is 0 Å². The Kier molecular flexibility index (Phi) is 2.87. The highest BCUT2D eigenvalue weighted by Gasteiger charge is 2.41. The standard InChI is InChI=1S/C14H27N/c1-13(2,3)14(4)8-10-15(11-9-14)12-6-5-7-12/h12H,5-11H2,1-4H3. The lowest BCUT2D eigenvalue weighted by molar-refractivity contribution is -0.00699. The molecule has 15 heavy (non-hydrogen) atoms. The number of hydrogen-bond acceptors (Lipinski definition) is 1. The first-order valence-corrected chi connectivity index (χ1v) is 6.66. The molecule has 0 spiro atoms. The minimum atomic E-state index is 0.471. The molecule has 2 rings (SSSR count). The molecule has 2 fully saturated rings. The molecule has 0 aromatic heterocycles. The Balaban J connectivity index is 1.90. The summed E-state index contributed by atoms with van der Waals surface area (Å²) < 4.78 is 0. The molecule has 1 saturated carbocycles. The van der Waals surface area contributed by atoms with Crippen LogP contribution < -0.4 is 0 Å². The monoisotopic (exact) mass is 209 g/mol. The summed E-state index contributed by atoms with van der Waals surface area (Å²) in [7, 11) is 0. The van der Waals surface area contributed by atoms with Gasteiger partial charge in [0.1, 0.15) is 0 Å². The molecule has 1 saturated heterocycles. The predicted octanol–water partition coefficient (Wildman–Crippen LogP) is 3.69. The molecule has 0 bridgehead atoms. The summed E-state index contributed by atoms with van der Waals surface area (Å²) in [6.45, 7) is 12.4. The summed E-state index contributed by atoms with van der Waals surface area (Å²) in [5.74, 6) is 0. The van der Waals surface area contributed by atoms with Gasteiger partial charge in [-0.1, -0.05) is 34.1 Å². The van der Waals surface area contributed by atoms with Gasteiger partial charge in [0, 0.05) is 6.04 Å². The second-order valence-corrected chi connectivity index (χ2v) is 6.93. The molecule has 1 heterocycles. The van der Waals surface area contributed by atoms with Crippen LogP contribution in [-0.2, 0) is 0 Å². The number of likely N-dealkylation sites (tertiary alicyclic amines) is 1. The van der Waals surface area contributed by atoms with Crippen LogP contribution in [0.25, 0.3) is 0 Å². The third-order valence-corrected chi connectivity index (χ3v) is 5.30. The molecule has 0 aromatic rings. The van der Waals surface area contributed by atoms with E-state index in [0.29, 0.717) is 10.8 Å². The van der Waals surface area contributed by atoms with Gasteiger partial charge >= 0.3 is 0 Å². The van der Waals surface area contributed by atoms with Crippen LogP contribution >= 0.6 is 0 Å². The van der Waals surface area contributed by atoms with Gasteiger partial charge in [0.25, 0.3) is 0 Å². The van der Waals surface area contributed by atoms with E-state index in [1.807, 2.05) is 0 Å². The van der Waals surface area contributed by atoms with E-state index >= 15 is 0 Å². The average Bonchev–Trinajstić information content (AvgIpc) is 2.04. The number of piperidine rings is 1. The third kappa shape index (κ3) is 2.08. The smallest absolute Gasteiger partial charge is 0.00952 e. The summed E-state index contributed by atoms with van der Waals surface area (Å²) in [6, 6.07) is 0.953. The maximum absolute atomic E-state index is 2.75. The maximum atomic E-state index is 2.75. The first-order chi connectivity index (χ1) is 6.92. The molecule has 1 aliphatic heterocycles. The van der Waals surface area contributed by atoms with Crippen molar-refractivity contribution in [3.8, 4) is 0 Å². The Morgan fingerprint density at radius 1 is 1.07 bits per heavy atom. The maximum Gasteiger partial charge on any atom is 0.00952 e. The van der Waals surface area contributed by atoms with E-state index in [0.717, 1.165) is 6.04 Å². The lowest BCUT2D eigenvalue weighted by Gasteiger charge is -2.50. The molecular weight excluding hydrogens is 182 g/mol. The van der Waals surface area contributed by atoms with Gasteiger partial charge in [-0.2, -0.15) is 0 Å². The number of nitrogens with zero attached hydrogens (tertiary/aromatic N) is 1. The molecule has 0 amide bonds. The Bertz CT molecular complexity index is 214. The van der Waals surface area contributed by atoms with Crippen LogP contribution in [0.15, 0.2) is 0 Å². The van der Waals surface area contributed by atoms with Crippen LogP contribution in [0.5, 0.6) is 0 Å². The van der Waals surface area contributed by atoms with Crippen molar-refractivity contribution in [2.45, 2.75) is 65.8 Å². The fourth-order valence-electron chi connectivity index (χ4n) is 2.88. The average molecular weight is 209 g/mol. The first-order valence-electron chi connectivity index (χ1n) is 6.66. The van der Waals surface area contributed by atoms with E-state index in [2.05, 4.69) is 32.6 Å². The van der Waals surface area contributed by atoms with Crippen LogP contribution in [0.2, 0.25) is 0 Å². The van der Waals surface area contributed by atoms with E-state index in [-0.39, 0.29) is 0 Å². The molecule has 0 N–H and O–H groups in total. The molecule has 1 nitrogen and oxygen atoms in total. The highest BCUT2D eigenvalue weighted by Crippen LogP contribution is 2.47. The lowest BCUT2D eigenvalue weighted by Crippen LogP contribution is -2.50. The van der Waals surface area contributed by atoms with E-state index in [1.54, 1.807) is 0 Å². The number of hydrogen-bond donors (Lipinski definition) is 0. The minimum Gasteiger partial charge on any atom is -0.300 e. The Labute approximate surface area is 95.2 Å². The normalized spacial score (nSPS) is 28.8. The van der Waals surface area contributed by atoms with Crippen molar-refractivity contribution in [2.75, 3.05) is 13.1 Å². The van der Waals surface area contributed by atoms with E-state index in [9.17, 15) is 0 Å². The fourth-order valence-corrected chi connectivity index (χ4v) is 2.88. The zero-order valence-electron chi connectivity index (χ0n) is 11.0. The highest BCUT2D eigenvalue weighted by atomic mass is 15.2. The van der Waals surface area contributed by atoms with Gasteiger partial charge in [-0.05, 0) is 49.6 Å². The second kappa shape index (κ2) is 3.76. The van der Waals surface area contributed by atoms with Gasteiger partial charge in [-0.3, -0.25) is 0 Å². The zero-order valence-corrected chi connectivity index (χ0v) is 11.0. The molecule has 0 aromatic carbocycles. The van der Waals surface area contributed by atoms with Crippen molar-refractivity contribution in [1.82, 2.24) is 4.90 Å². The third-order valence-electron chi connectivity index (χ3n) is 5.30. The topological polar surface area (TPSA) is 3.24 Å². The summed E-state index contributed by atoms with van der Waals surface area (Å²) in [5.41, 5.74) is 1.03. The predicted molar refractivity (Wildman–Crippen MR) is 66.0 cm³/mol. The summed E-state index contributed by atoms with van der Waals surface area (Å²) in [5, 5.41) is 0. The van der Waals surface area contributed by atoms with Gasteiger partial charge in [0.05, 0.1) is 0 Å². The van der Waals surface area contributed by atoms with Gasteiger partial charge in [-0.25, -0.2) is 0 Å². The van der Waals surface area contributed by atoms with Crippen LogP contribution in [0.4, 0.5) is 0 Å². The lowest BCUT2D eigenvalue weighted by atomic mass is 9.62. The number of rotatable bonds is 1. The highest BCUT2D eigenvalue weighted by molar-refractivity contribution is 4.93. The van der Waals surface area contributed by atoms with E-state index in [1.165, 1.54) is 45.2 Å².